The van der Waals surface area contributed by atoms with Gasteiger partial charge in [0.25, 0.3) is 0 Å². The average Bonchev–Trinajstić information content (AvgIpc) is 2.62. The van der Waals surface area contributed by atoms with Gasteiger partial charge in [-0.05, 0) is 29.8 Å². The second-order valence-electron chi connectivity index (χ2n) is 6.01. The molecule has 3 rings (SSSR count). The predicted molar refractivity (Wildman–Crippen MR) is 89.7 cm³/mol. The molecule has 0 N–H and O–H groups in total. The highest BCUT2D eigenvalue weighted by Gasteiger charge is 2.31. The number of piperazine rings is 1. The largest absolute Gasteiger partial charge is 0.497 e. The molecule has 0 aliphatic carbocycles. The van der Waals surface area contributed by atoms with Crippen molar-refractivity contribution >= 4 is 5.82 Å². The fraction of sp³-hybridized carbons (Fsp3) is 0.389. The van der Waals surface area contributed by atoms with E-state index in [9.17, 15) is 13.2 Å². The molecule has 1 aromatic carbocycles. The van der Waals surface area contributed by atoms with Gasteiger partial charge in [0.15, 0.2) is 0 Å². The van der Waals surface area contributed by atoms with Crippen LogP contribution in [0.2, 0.25) is 0 Å². The van der Waals surface area contributed by atoms with E-state index in [1.165, 1.54) is 11.6 Å². The van der Waals surface area contributed by atoms with Crippen LogP contribution in [0.4, 0.5) is 19.0 Å². The third kappa shape index (κ3) is 4.42. The number of nitrogens with zero attached hydrogens (tertiary/aromatic N) is 3. The monoisotopic (exact) mass is 351 g/mol. The van der Waals surface area contributed by atoms with E-state index >= 15 is 0 Å². The van der Waals surface area contributed by atoms with Gasteiger partial charge in [-0.2, -0.15) is 13.2 Å². The molecule has 2 heterocycles. The Labute approximate surface area is 144 Å². The quantitative estimate of drug-likeness (QED) is 0.844. The summed E-state index contributed by atoms with van der Waals surface area (Å²) in [6.45, 7) is 4.02. The van der Waals surface area contributed by atoms with Crippen molar-refractivity contribution in [1.29, 1.82) is 0 Å². The van der Waals surface area contributed by atoms with Crippen molar-refractivity contribution in [3.8, 4) is 5.75 Å². The van der Waals surface area contributed by atoms with E-state index in [0.29, 0.717) is 5.82 Å². The molecular formula is C18H20F3N3O. The third-order valence-corrected chi connectivity index (χ3v) is 4.34. The van der Waals surface area contributed by atoms with Gasteiger partial charge in [-0.1, -0.05) is 12.1 Å². The van der Waals surface area contributed by atoms with Crippen LogP contribution in [0.5, 0.6) is 5.75 Å². The van der Waals surface area contributed by atoms with Crippen LogP contribution < -0.4 is 9.64 Å². The van der Waals surface area contributed by atoms with E-state index in [1.54, 1.807) is 7.11 Å². The van der Waals surface area contributed by atoms with Gasteiger partial charge in [0.05, 0.1) is 12.7 Å². The van der Waals surface area contributed by atoms with Gasteiger partial charge < -0.3 is 9.64 Å². The summed E-state index contributed by atoms with van der Waals surface area (Å²) in [5.74, 6) is 1.43. The summed E-state index contributed by atoms with van der Waals surface area (Å²) in [4.78, 5) is 8.31. The number of rotatable bonds is 4. The number of ether oxygens (including phenoxy) is 1. The second-order valence-corrected chi connectivity index (χ2v) is 6.01. The van der Waals surface area contributed by atoms with E-state index in [4.69, 9.17) is 4.74 Å². The van der Waals surface area contributed by atoms with Crippen molar-refractivity contribution < 1.29 is 17.9 Å². The van der Waals surface area contributed by atoms with Gasteiger partial charge in [-0.25, -0.2) is 4.98 Å². The minimum Gasteiger partial charge on any atom is -0.497 e. The smallest absolute Gasteiger partial charge is 0.417 e. The average molecular weight is 351 g/mol. The first kappa shape index (κ1) is 17.5. The molecule has 1 aromatic heterocycles. The Kier molecular flexibility index (Phi) is 5.13. The minimum atomic E-state index is -4.34. The zero-order valence-electron chi connectivity index (χ0n) is 14.0. The number of anilines is 1. The summed E-state index contributed by atoms with van der Waals surface area (Å²) >= 11 is 0. The molecule has 0 saturated carbocycles. The summed E-state index contributed by atoms with van der Waals surface area (Å²) in [5.41, 5.74) is 0.497. The molecule has 2 aromatic rings. The summed E-state index contributed by atoms with van der Waals surface area (Å²) < 4.78 is 43.0. The van der Waals surface area contributed by atoms with E-state index < -0.39 is 11.7 Å². The van der Waals surface area contributed by atoms with Crippen molar-refractivity contribution in [3.05, 3.63) is 53.7 Å². The lowest BCUT2D eigenvalue weighted by molar-refractivity contribution is -0.137. The maximum absolute atomic E-state index is 12.6. The summed E-state index contributed by atoms with van der Waals surface area (Å²) in [5, 5.41) is 0. The van der Waals surface area contributed by atoms with Crippen LogP contribution in [0.3, 0.4) is 0 Å². The lowest BCUT2D eigenvalue weighted by atomic mass is 10.2. The van der Waals surface area contributed by atoms with Crippen LogP contribution in [0.25, 0.3) is 0 Å². The number of hydrogen-bond acceptors (Lipinski definition) is 4. The van der Waals surface area contributed by atoms with Crippen LogP contribution in [-0.4, -0.2) is 43.2 Å². The topological polar surface area (TPSA) is 28.6 Å². The Morgan fingerprint density at radius 3 is 2.20 bits per heavy atom. The predicted octanol–water partition coefficient (Wildman–Crippen LogP) is 3.43. The molecule has 134 valence electrons. The molecule has 1 fully saturated rings. The first-order valence-corrected chi connectivity index (χ1v) is 8.09. The normalized spacial score (nSPS) is 16.1. The Hall–Kier alpha value is -2.28. The van der Waals surface area contributed by atoms with Crippen molar-refractivity contribution in [2.24, 2.45) is 0 Å². The molecule has 0 spiro atoms. The molecule has 7 heteroatoms. The summed E-state index contributed by atoms with van der Waals surface area (Å²) in [7, 11) is 1.64. The van der Waals surface area contributed by atoms with E-state index in [2.05, 4.69) is 9.88 Å². The fourth-order valence-corrected chi connectivity index (χ4v) is 2.87. The first-order chi connectivity index (χ1) is 12.0. The zero-order chi connectivity index (χ0) is 17.9. The van der Waals surface area contributed by atoms with E-state index in [1.807, 2.05) is 29.2 Å². The minimum absolute atomic E-state index is 0.595. The molecule has 0 radical (unpaired) electrons. The highest BCUT2D eigenvalue weighted by molar-refractivity contribution is 5.40. The summed E-state index contributed by atoms with van der Waals surface area (Å²) in [6, 6.07) is 10.5. The maximum atomic E-state index is 12.6. The van der Waals surface area contributed by atoms with Crippen LogP contribution >= 0.6 is 0 Å². The number of aromatic nitrogens is 1. The fourth-order valence-electron chi connectivity index (χ4n) is 2.87. The van der Waals surface area contributed by atoms with Crippen LogP contribution in [0.1, 0.15) is 11.1 Å². The molecule has 0 unspecified atom stereocenters. The molecule has 4 nitrogen and oxygen atoms in total. The molecule has 1 aliphatic rings. The van der Waals surface area contributed by atoms with Crippen LogP contribution in [0.15, 0.2) is 42.6 Å². The number of methoxy groups -OCH3 is 1. The van der Waals surface area contributed by atoms with Gasteiger partial charge in [0.1, 0.15) is 11.6 Å². The molecule has 0 amide bonds. The van der Waals surface area contributed by atoms with Gasteiger partial charge >= 0.3 is 6.18 Å². The van der Waals surface area contributed by atoms with Gasteiger partial charge in [-0.3, -0.25) is 4.90 Å². The molecule has 25 heavy (non-hydrogen) atoms. The standard InChI is InChI=1S/C18H20F3N3O/c1-25-16-5-2-14(3-6-16)13-23-8-10-24(11-9-23)17-7-4-15(12-22-17)18(19,20)21/h2-7,12H,8-11,13H2,1H3. The number of benzene rings is 1. The van der Waals surface area contributed by atoms with Gasteiger partial charge in [-0.15, -0.1) is 0 Å². The summed E-state index contributed by atoms with van der Waals surface area (Å²) in [6.07, 6.45) is -3.44. The highest BCUT2D eigenvalue weighted by Crippen LogP contribution is 2.29. The van der Waals surface area contributed by atoms with Gasteiger partial charge in [0, 0.05) is 38.9 Å². The zero-order valence-corrected chi connectivity index (χ0v) is 14.0. The number of alkyl halides is 3. The Bertz CT molecular complexity index is 678. The number of pyridine rings is 1. The van der Waals surface area contributed by atoms with Crippen molar-refractivity contribution in [2.45, 2.75) is 12.7 Å². The Balaban J connectivity index is 1.54. The van der Waals surface area contributed by atoms with Crippen LogP contribution in [-0.2, 0) is 12.7 Å². The van der Waals surface area contributed by atoms with Gasteiger partial charge in [0.2, 0.25) is 0 Å². The number of hydrogen-bond donors (Lipinski definition) is 0. The first-order valence-electron chi connectivity index (χ1n) is 8.09. The number of halogens is 3. The molecule has 1 aliphatic heterocycles. The Morgan fingerprint density at radius 1 is 1.00 bits per heavy atom. The van der Waals surface area contributed by atoms with E-state index in [-0.39, 0.29) is 0 Å². The molecule has 0 bridgehead atoms. The molecule has 1 saturated heterocycles. The maximum Gasteiger partial charge on any atom is 0.417 e. The molecule has 0 atom stereocenters. The van der Waals surface area contributed by atoms with Crippen molar-refractivity contribution in [2.75, 3.05) is 38.2 Å². The second kappa shape index (κ2) is 7.31. The lowest BCUT2D eigenvalue weighted by Gasteiger charge is -2.35. The SMILES string of the molecule is COc1ccc(CN2CCN(c3ccc(C(F)(F)F)cn3)CC2)cc1. The van der Waals surface area contributed by atoms with E-state index in [0.717, 1.165) is 50.7 Å². The highest BCUT2D eigenvalue weighted by atomic mass is 19.4. The Morgan fingerprint density at radius 2 is 1.68 bits per heavy atom. The third-order valence-electron chi connectivity index (χ3n) is 4.34. The molecular weight excluding hydrogens is 331 g/mol. The lowest BCUT2D eigenvalue weighted by Crippen LogP contribution is -2.46. The van der Waals surface area contributed by atoms with Crippen molar-refractivity contribution in [3.63, 3.8) is 0 Å². The van der Waals surface area contributed by atoms with Crippen molar-refractivity contribution in [1.82, 2.24) is 9.88 Å². The van der Waals surface area contributed by atoms with Crippen LogP contribution in [0, 0.1) is 0 Å².